The van der Waals surface area contributed by atoms with Crippen LogP contribution in [0.5, 0.6) is 5.75 Å². The number of anilines is 5. The first-order valence-electron chi connectivity index (χ1n) is 14.7. The Labute approximate surface area is 248 Å². The van der Waals surface area contributed by atoms with E-state index in [-0.39, 0.29) is 6.10 Å². The van der Waals surface area contributed by atoms with Gasteiger partial charge < -0.3 is 39.8 Å². The molecule has 0 radical (unpaired) electrons. The van der Waals surface area contributed by atoms with Gasteiger partial charge in [0.2, 0.25) is 5.95 Å². The summed E-state index contributed by atoms with van der Waals surface area (Å²) in [5.74, 6) is 2.40. The van der Waals surface area contributed by atoms with E-state index in [1.165, 1.54) is 22.3 Å². The molecule has 4 heterocycles. The standard InChI is InChI=1S/C32H42N8O2/c1-37(2)16-17-38(3)27-19-28(42-5)26(18-24(27)33)36-32-34-13-11-25(35-32)29-23-10-6-8-21-9-7-14-40(30(21)23)31(29)39-15-12-22(20-39)41-4/h6,8,10-11,13,18-19,22H,7,9,12,14-17,20,33H2,1-5H3,(H,34,35,36). The first kappa shape index (κ1) is 28.1. The number of nitrogens with one attached hydrogen (secondary N) is 1. The van der Waals surface area contributed by atoms with Gasteiger partial charge in [-0.05, 0) is 51.1 Å². The summed E-state index contributed by atoms with van der Waals surface area (Å²) in [6, 6.07) is 12.5. The Hall–Kier alpha value is -4.02. The first-order valence-corrected chi connectivity index (χ1v) is 14.7. The molecule has 0 spiro atoms. The number of nitrogens with zero attached hydrogens (tertiary/aromatic N) is 6. The highest BCUT2D eigenvalue weighted by Crippen LogP contribution is 2.44. The summed E-state index contributed by atoms with van der Waals surface area (Å²) >= 11 is 0. The van der Waals surface area contributed by atoms with Crippen LogP contribution in [0.3, 0.4) is 0 Å². The maximum Gasteiger partial charge on any atom is 0.227 e. The summed E-state index contributed by atoms with van der Waals surface area (Å²) in [6.45, 7) is 4.59. The number of hydrogen-bond donors (Lipinski definition) is 2. The van der Waals surface area contributed by atoms with Crippen molar-refractivity contribution < 1.29 is 9.47 Å². The molecule has 0 saturated carbocycles. The number of ether oxygens (including phenoxy) is 2. The van der Waals surface area contributed by atoms with Crippen molar-refractivity contribution in [2.75, 3.05) is 82.4 Å². The van der Waals surface area contributed by atoms with E-state index in [1.54, 1.807) is 7.11 Å². The highest BCUT2D eigenvalue weighted by atomic mass is 16.5. The van der Waals surface area contributed by atoms with Gasteiger partial charge in [-0.3, -0.25) is 0 Å². The van der Waals surface area contributed by atoms with Gasteiger partial charge >= 0.3 is 0 Å². The number of nitrogens with two attached hydrogens (primary N) is 1. The molecule has 3 N–H and O–H groups in total. The smallest absolute Gasteiger partial charge is 0.227 e. The molecule has 222 valence electrons. The molecule has 42 heavy (non-hydrogen) atoms. The van der Waals surface area contributed by atoms with Crippen LogP contribution >= 0.6 is 0 Å². The number of likely N-dealkylation sites (N-methyl/N-ethyl adjacent to an activating group) is 2. The third-order valence-corrected chi connectivity index (χ3v) is 8.54. The summed E-state index contributed by atoms with van der Waals surface area (Å²) in [6.07, 6.45) is 5.30. The lowest BCUT2D eigenvalue weighted by Gasteiger charge is -2.25. The van der Waals surface area contributed by atoms with E-state index < -0.39 is 0 Å². The van der Waals surface area contributed by atoms with Crippen LogP contribution in [0.2, 0.25) is 0 Å². The number of para-hydroxylation sites is 1. The molecule has 0 amide bonds. The zero-order chi connectivity index (χ0) is 29.4. The Morgan fingerprint density at radius 2 is 1.95 bits per heavy atom. The number of nitrogen functional groups attached to an aromatic ring is 1. The van der Waals surface area contributed by atoms with E-state index in [0.29, 0.717) is 17.4 Å². The van der Waals surface area contributed by atoms with Gasteiger partial charge in [0.15, 0.2) is 0 Å². The minimum atomic E-state index is 0.233. The molecular weight excluding hydrogens is 528 g/mol. The average molecular weight is 571 g/mol. The molecule has 0 aliphatic carbocycles. The first-order chi connectivity index (χ1) is 20.4. The Balaban J connectivity index is 1.38. The molecular formula is C32H42N8O2. The number of rotatable bonds is 10. The third kappa shape index (κ3) is 5.20. The van der Waals surface area contributed by atoms with E-state index in [2.05, 4.69) is 61.9 Å². The topological polar surface area (TPSA) is 96.9 Å². The number of methoxy groups -OCH3 is 2. The van der Waals surface area contributed by atoms with Crippen molar-refractivity contribution in [3.8, 4) is 17.0 Å². The van der Waals surface area contributed by atoms with E-state index in [1.807, 2.05) is 38.6 Å². The Bertz CT molecular complexity index is 1580. The van der Waals surface area contributed by atoms with Gasteiger partial charge in [-0.25, -0.2) is 9.97 Å². The molecule has 10 heteroatoms. The lowest BCUT2D eigenvalue weighted by atomic mass is 10.0. The zero-order valence-electron chi connectivity index (χ0n) is 25.4. The minimum absolute atomic E-state index is 0.233. The van der Waals surface area contributed by atoms with Gasteiger partial charge in [-0.1, -0.05) is 18.2 Å². The fourth-order valence-corrected chi connectivity index (χ4v) is 6.35. The SMILES string of the molecule is COc1cc(N(C)CCN(C)C)c(N)cc1Nc1nccc(-c2c(N3CCC(OC)C3)n3c4c(cccc24)CCC3)n1. The van der Waals surface area contributed by atoms with Crippen molar-refractivity contribution in [1.29, 1.82) is 0 Å². The van der Waals surface area contributed by atoms with Crippen LogP contribution in [0.25, 0.3) is 22.2 Å². The summed E-state index contributed by atoms with van der Waals surface area (Å²) in [5.41, 5.74) is 13.6. The lowest BCUT2D eigenvalue weighted by Crippen LogP contribution is -2.29. The molecule has 2 aromatic carbocycles. The van der Waals surface area contributed by atoms with Gasteiger partial charge in [0.1, 0.15) is 11.6 Å². The fraction of sp³-hybridized carbons (Fsp3) is 0.438. The second-order valence-electron chi connectivity index (χ2n) is 11.6. The van der Waals surface area contributed by atoms with Crippen molar-refractivity contribution in [1.82, 2.24) is 19.4 Å². The van der Waals surface area contributed by atoms with Gasteiger partial charge in [0.25, 0.3) is 0 Å². The van der Waals surface area contributed by atoms with Crippen LogP contribution in [-0.2, 0) is 17.7 Å². The molecule has 4 aromatic rings. The number of benzene rings is 2. The summed E-state index contributed by atoms with van der Waals surface area (Å²) in [5, 5.41) is 4.63. The highest BCUT2D eigenvalue weighted by molar-refractivity contribution is 6.04. The molecule has 1 atom stereocenters. The fourth-order valence-electron chi connectivity index (χ4n) is 6.35. The predicted molar refractivity (Wildman–Crippen MR) is 171 cm³/mol. The van der Waals surface area contributed by atoms with Gasteiger partial charge in [-0.15, -0.1) is 0 Å². The molecule has 1 unspecified atom stereocenters. The lowest BCUT2D eigenvalue weighted by molar-refractivity contribution is 0.121. The second-order valence-corrected chi connectivity index (χ2v) is 11.6. The third-order valence-electron chi connectivity index (χ3n) is 8.54. The van der Waals surface area contributed by atoms with E-state index in [4.69, 9.17) is 20.2 Å². The average Bonchev–Trinajstić information content (AvgIpc) is 3.60. The van der Waals surface area contributed by atoms with E-state index >= 15 is 0 Å². The van der Waals surface area contributed by atoms with Gasteiger partial charge in [0.05, 0.1) is 47.1 Å². The van der Waals surface area contributed by atoms with Crippen LogP contribution in [0, 0.1) is 0 Å². The predicted octanol–water partition coefficient (Wildman–Crippen LogP) is 4.60. The van der Waals surface area contributed by atoms with Gasteiger partial charge in [0, 0.05) is 64.5 Å². The summed E-state index contributed by atoms with van der Waals surface area (Å²) < 4.78 is 14.0. The second kappa shape index (κ2) is 11.7. The normalized spacial score (nSPS) is 16.4. The maximum absolute atomic E-state index is 6.53. The molecule has 1 fully saturated rings. The molecule has 0 bridgehead atoms. The molecule has 1 saturated heterocycles. The quantitative estimate of drug-likeness (QED) is 0.265. The maximum atomic E-state index is 6.53. The largest absolute Gasteiger partial charge is 0.494 e. The summed E-state index contributed by atoms with van der Waals surface area (Å²) in [7, 11) is 9.64. The van der Waals surface area contributed by atoms with E-state index in [9.17, 15) is 0 Å². The zero-order valence-corrected chi connectivity index (χ0v) is 25.4. The molecule has 2 aliphatic heterocycles. The Morgan fingerprint density at radius 3 is 2.71 bits per heavy atom. The van der Waals surface area contributed by atoms with Crippen molar-refractivity contribution >= 4 is 39.7 Å². The van der Waals surface area contributed by atoms with Crippen LogP contribution < -0.4 is 25.6 Å². The van der Waals surface area contributed by atoms with Crippen LogP contribution in [0.4, 0.5) is 28.8 Å². The van der Waals surface area contributed by atoms with Crippen molar-refractivity contribution in [3.05, 3.63) is 48.2 Å². The minimum Gasteiger partial charge on any atom is -0.494 e. The van der Waals surface area contributed by atoms with Crippen molar-refractivity contribution in [3.63, 3.8) is 0 Å². The number of aryl methyl sites for hydroxylation is 2. The molecule has 10 nitrogen and oxygen atoms in total. The number of aromatic nitrogens is 3. The van der Waals surface area contributed by atoms with E-state index in [0.717, 1.165) is 74.6 Å². The Morgan fingerprint density at radius 1 is 1.10 bits per heavy atom. The summed E-state index contributed by atoms with van der Waals surface area (Å²) in [4.78, 5) is 16.4. The van der Waals surface area contributed by atoms with Crippen LogP contribution in [0.15, 0.2) is 42.6 Å². The monoisotopic (exact) mass is 570 g/mol. The highest BCUT2D eigenvalue weighted by Gasteiger charge is 2.31. The van der Waals surface area contributed by atoms with Crippen LogP contribution in [0.1, 0.15) is 18.4 Å². The Kier molecular flexibility index (Phi) is 7.83. The van der Waals surface area contributed by atoms with Gasteiger partial charge in [-0.2, -0.15) is 0 Å². The number of hydrogen-bond acceptors (Lipinski definition) is 9. The van der Waals surface area contributed by atoms with Crippen LogP contribution in [-0.4, -0.2) is 87.1 Å². The van der Waals surface area contributed by atoms with Crippen molar-refractivity contribution in [2.24, 2.45) is 0 Å². The molecule has 2 aromatic heterocycles. The molecule has 2 aliphatic rings. The van der Waals surface area contributed by atoms with Crippen molar-refractivity contribution in [2.45, 2.75) is 31.9 Å². The molecule has 6 rings (SSSR count).